The fourth-order valence-corrected chi connectivity index (χ4v) is 5.12. The van der Waals surface area contributed by atoms with E-state index in [0.717, 1.165) is 18.7 Å². The van der Waals surface area contributed by atoms with Crippen molar-refractivity contribution in [2.45, 2.75) is 12.5 Å². The highest BCUT2D eigenvalue weighted by Gasteiger charge is 2.32. The summed E-state index contributed by atoms with van der Waals surface area (Å²) in [4.78, 5) is 30.1. The summed E-state index contributed by atoms with van der Waals surface area (Å²) in [6.07, 6.45) is 7.08. The topological polar surface area (TPSA) is 73.7 Å². The van der Waals surface area contributed by atoms with E-state index in [2.05, 4.69) is 20.2 Å². The van der Waals surface area contributed by atoms with Gasteiger partial charge < -0.3 is 15.1 Å². The molecule has 3 aliphatic rings. The first kappa shape index (κ1) is 26.0. The smallest absolute Gasteiger partial charge is 0.253 e. The van der Waals surface area contributed by atoms with E-state index in [1.807, 2.05) is 25.1 Å². The van der Waals surface area contributed by atoms with Crippen LogP contribution in [0.3, 0.4) is 0 Å². The molecule has 1 N–H and O–H groups in total. The first-order valence-corrected chi connectivity index (χ1v) is 13.2. The Morgan fingerprint density at radius 1 is 1.05 bits per heavy atom. The number of nitrogens with zero attached hydrogens (tertiary/aromatic N) is 5. The van der Waals surface area contributed by atoms with E-state index in [9.17, 15) is 13.6 Å². The van der Waals surface area contributed by atoms with Crippen LogP contribution in [-0.2, 0) is 6.42 Å². The molecule has 3 aromatic rings. The highest BCUT2D eigenvalue weighted by atomic mass is 35.5. The van der Waals surface area contributed by atoms with E-state index in [0.29, 0.717) is 52.1 Å². The number of anilines is 2. The van der Waals surface area contributed by atoms with E-state index in [1.165, 1.54) is 24.3 Å². The van der Waals surface area contributed by atoms with Crippen LogP contribution < -0.4 is 5.32 Å². The van der Waals surface area contributed by atoms with E-state index in [-0.39, 0.29) is 16.6 Å². The predicted octanol–water partition coefficient (Wildman–Crippen LogP) is 5.44. The van der Waals surface area contributed by atoms with Gasteiger partial charge in [-0.2, -0.15) is 0 Å². The van der Waals surface area contributed by atoms with Gasteiger partial charge in [-0.3, -0.25) is 4.79 Å². The van der Waals surface area contributed by atoms with Crippen molar-refractivity contribution in [2.75, 3.05) is 32.5 Å². The second-order valence-corrected chi connectivity index (χ2v) is 10.5. The molecule has 0 saturated carbocycles. The number of allylic oxidation sites excluding steroid dienone is 5. The number of carbonyl (C=O) groups is 1. The van der Waals surface area contributed by atoms with Crippen LogP contribution in [0.25, 0.3) is 11.1 Å². The number of aromatic nitrogens is 2. The number of benzene rings is 2. The lowest BCUT2D eigenvalue weighted by Gasteiger charge is -2.42. The summed E-state index contributed by atoms with van der Waals surface area (Å²) in [5, 5.41) is 3.28. The van der Waals surface area contributed by atoms with Gasteiger partial charge in [0, 0.05) is 53.9 Å². The van der Waals surface area contributed by atoms with Gasteiger partial charge >= 0.3 is 0 Å². The molecular formula is C30H25ClF2N6O. The molecule has 0 bridgehead atoms. The Balaban J connectivity index is 1.25. The largest absolute Gasteiger partial charge is 0.335 e. The number of halogens is 3. The van der Waals surface area contributed by atoms with E-state index < -0.39 is 11.6 Å². The SMILES string of the molecule is CN(C)C1CN(C(=O)c2ccc(Nc3ncc4c(n3)C3=CN=C(Cl)C=C(c5c(F)cccc5F)C3=CC4)cc2)C1. The molecule has 10 heteroatoms. The molecule has 2 aliphatic heterocycles. The Kier molecular flexibility index (Phi) is 6.77. The standard InChI is InChI=1S/C30H25ClF2N6O/c1-38(2)20-15-39(16-20)29(40)17-6-9-19(10-7-17)36-30-35-13-18-8-11-21-22(27-24(32)4-3-5-25(27)33)12-26(31)34-14-23(21)28(18)37-30/h3-7,9-14,20H,8,15-16H2,1-2H3,(H,35,36,37). The molecule has 1 saturated heterocycles. The maximum Gasteiger partial charge on any atom is 0.253 e. The van der Waals surface area contributed by atoms with Crippen molar-refractivity contribution in [2.24, 2.45) is 4.99 Å². The lowest BCUT2D eigenvalue weighted by Crippen LogP contribution is -2.59. The van der Waals surface area contributed by atoms with Crippen LogP contribution in [0.4, 0.5) is 20.4 Å². The summed E-state index contributed by atoms with van der Waals surface area (Å²) >= 11 is 6.27. The second-order valence-electron chi connectivity index (χ2n) is 10.1. The summed E-state index contributed by atoms with van der Waals surface area (Å²) in [5.74, 6) is -1.05. The van der Waals surface area contributed by atoms with E-state index >= 15 is 0 Å². The minimum atomic E-state index is -0.692. The third-order valence-electron chi connectivity index (χ3n) is 7.31. The molecule has 1 aliphatic carbocycles. The first-order valence-electron chi connectivity index (χ1n) is 12.8. The molecule has 1 amide bonds. The Bertz CT molecular complexity index is 1620. The van der Waals surface area contributed by atoms with Crippen molar-refractivity contribution < 1.29 is 13.6 Å². The van der Waals surface area contributed by atoms with Crippen LogP contribution in [0.2, 0.25) is 0 Å². The number of likely N-dealkylation sites (N-methyl/N-ethyl adjacent to an activating group) is 1. The van der Waals surface area contributed by atoms with Gasteiger partial charge in [-0.15, -0.1) is 0 Å². The van der Waals surface area contributed by atoms with Crippen molar-refractivity contribution >= 4 is 45.5 Å². The Hall–Kier alpha value is -4.21. The zero-order chi connectivity index (χ0) is 28.0. The molecule has 1 fully saturated rings. The minimum absolute atomic E-state index is 0.00339. The lowest BCUT2D eigenvalue weighted by molar-refractivity contribution is 0.0399. The molecule has 202 valence electrons. The van der Waals surface area contributed by atoms with E-state index in [1.54, 1.807) is 36.7 Å². The molecule has 0 unspecified atom stereocenters. The van der Waals surface area contributed by atoms with Crippen LogP contribution in [-0.4, -0.2) is 64.1 Å². The molecule has 0 spiro atoms. The summed E-state index contributed by atoms with van der Waals surface area (Å²) in [7, 11) is 4.03. The van der Waals surface area contributed by atoms with Crippen LogP contribution in [0.1, 0.15) is 27.2 Å². The lowest BCUT2D eigenvalue weighted by atomic mass is 9.84. The summed E-state index contributed by atoms with van der Waals surface area (Å²) < 4.78 is 29.6. The monoisotopic (exact) mass is 558 g/mol. The number of hydrogen-bond donors (Lipinski definition) is 1. The molecule has 0 atom stereocenters. The van der Waals surface area contributed by atoms with Crippen LogP contribution >= 0.6 is 11.6 Å². The zero-order valence-corrected chi connectivity index (χ0v) is 22.6. The Labute approximate surface area is 235 Å². The summed E-state index contributed by atoms with van der Waals surface area (Å²) in [5.41, 5.74) is 4.06. The highest BCUT2D eigenvalue weighted by molar-refractivity contribution is 6.69. The Morgan fingerprint density at radius 2 is 1.77 bits per heavy atom. The van der Waals surface area contributed by atoms with Gasteiger partial charge in [0.1, 0.15) is 16.8 Å². The van der Waals surface area contributed by atoms with Crippen molar-refractivity contribution in [3.63, 3.8) is 0 Å². The van der Waals surface area contributed by atoms with Gasteiger partial charge in [-0.05, 0) is 74.1 Å². The number of aliphatic imine (C=N–C) groups is 1. The minimum Gasteiger partial charge on any atom is -0.335 e. The van der Waals surface area contributed by atoms with Crippen molar-refractivity contribution in [1.29, 1.82) is 0 Å². The zero-order valence-electron chi connectivity index (χ0n) is 21.8. The number of fused-ring (bicyclic) bond motifs is 3. The fourth-order valence-electron chi connectivity index (χ4n) is 4.96. The highest BCUT2D eigenvalue weighted by Crippen LogP contribution is 2.41. The van der Waals surface area contributed by atoms with Crippen LogP contribution in [0.15, 0.2) is 77.6 Å². The molecular weight excluding hydrogens is 534 g/mol. The number of carbonyl (C=O) groups excluding carboxylic acids is 1. The van der Waals surface area contributed by atoms with Crippen LogP contribution in [0, 0.1) is 11.6 Å². The van der Waals surface area contributed by atoms with Crippen molar-refractivity contribution in [1.82, 2.24) is 19.8 Å². The fraction of sp³-hybridized carbons (Fsp3) is 0.200. The summed E-state index contributed by atoms with van der Waals surface area (Å²) in [6, 6.07) is 11.3. The van der Waals surface area contributed by atoms with Gasteiger partial charge in [-0.1, -0.05) is 23.7 Å². The number of likely N-dealkylation sites (tertiary alicyclic amines) is 1. The number of nitrogens with one attached hydrogen (secondary N) is 1. The second kappa shape index (κ2) is 10.4. The average molecular weight is 559 g/mol. The third kappa shape index (κ3) is 4.82. The number of hydrogen-bond acceptors (Lipinski definition) is 6. The molecule has 0 radical (unpaired) electrons. The summed E-state index contributed by atoms with van der Waals surface area (Å²) in [6.45, 7) is 1.44. The maximum atomic E-state index is 14.8. The predicted molar refractivity (Wildman–Crippen MR) is 153 cm³/mol. The Morgan fingerprint density at radius 3 is 2.48 bits per heavy atom. The average Bonchev–Trinajstić information content (AvgIpc) is 3.06. The molecule has 2 aromatic carbocycles. The maximum absolute atomic E-state index is 14.8. The number of amides is 1. The van der Waals surface area contributed by atoms with Gasteiger partial charge in [0.2, 0.25) is 5.95 Å². The molecule has 3 heterocycles. The van der Waals surface area contributed by atoms with Crippen molar-refractivity contribution in [3.05, 3.63) is 107 Å². The molecule has 7 nitrogen and oxygen atoms in total. The quantitative estimate of drug-likeness (QED) is 0.451. The van der Waals surface area contributed by atoms with Crippen molar-refractivity contribution in [3.8, 4) is 0 Å². The number of rotatable bonds is 5. The van der Waals surface area contributed by atoms with Crippen LogP contribution in [0.5, 0.6) is 0 Å². The van der Waals surface area contributed by atoms with Gasteiger partial charge in [-0.25, -0.2) is 23.7 Å². The third-order valence-corrected chi connectivity index (χ3v) is 7.51. The normalized spacial score (nSPS) is 16.6. The molecule has 6 rings (SSSR count). The van der Waals surface area contributed by atoms with Gasteiger partial charge in [0.05, 0.1) is 11.3 Å². The van der Waals surface area contributed by atoms with Gasteiger partial charge in [0.15, 0.2) is 0 Å². The molecule has 1 aromatic heterocycles. The van der Waals surface area contributed by atoms with Gasteiger partial charge in [0.25, 0.3) is 5.91 Å². The van der Waals surface area contributed by atoms with E-state index in [4.69, 9.17) is 16.6 Å². The molecule has 40 heavy (non-hydrogen) atoms. The first-order chi connectivity index (χ1) is 19.3.